The molecule has 1 aromatic carbocycles. The quantitative estimate of drug-likeness (QED) is 0.417. The zero-order chi connectivity index (χ0) is 23.3. The van der Waals surface area contributed by atoms with E-state index in [1.54, 1.807) is 30.0 Å². The van der Waals surface area contributed by atoms with E-state index in [-0.39, 0.29) is 12.5 Å². The van der Waals surface area contributed by atoms with Crippen molar-refractivity contribution in [1.29, 1.82) is 0 Å². The topological polar surface area (TPSA) is 106 Å². The number of benzene rings is 1. The smallest absolute Gasteiger partial charge is 0.243 e. The number of thioether (sulfide) groups is 1. The number of hydrogen-bond acceptors (Lipinski definition) is 9. The van der Waals surface area contributed by atoms with Gasteiger partial charge in [-0.2, -0.15) is 4.31 Å². The molecule has 3 aromatic rings. The second-order valence-electron chi connectivity index (χ2n) is 7.92. The Morgan fingerprint density at radius 3 is 2.61 bits per heavy atom. The summed E-state index contributed by atoms with van der Waals surface area (Å²) in [5.74, 6) is 0.929. The van der Waals surface area contributed by atoms with Gasteiger partial charge in [-0.05, 0) is 49.6 Å². The fourth-order valence-corrected chi connectivity index (χ4v) is 6.57. The normalized spacial score (nSPS) is 16.3. The molecule has 178 valence electrons. The van der Waals surface area contributed by atoms with Gasteiger partial charge in [0.25, 0.3) is 0 Å². The molecule has 1 aliphatic heterocycles. The molecule has 0 amide bonds. The van der Waals surface area contributed by atoms with Crippen molar-refractivity contribution in [3.8, 4) is 0 Å². The highest BCUT2D eigenvalue weighted by molar-refractivity contribution is 7.98. The van der Waals surface area contributed by atoms with Crippen LogP contribution in [-0.4, -0.2) is 71.9 Å². The molecule has 4 rings (SSSR count). The molecular weight excluding hydrogens is 480 g/mol. The largest absolute Gasteiger partial charge is 0.396 e. The van der Waals surface area contributed by atoms with Gasteiger partial charge in [0.1, 0.15) is 5.82 Å². The number of hydrogen-bond donors (Lipinski definition) is 1. The maximum absolute atomic E-state index is 12.9. The molecule has 1 atom stereocenters. The fraction of sp³-hybridized carbons (Fsp3) is 0.500. The van der Waals surface area contributed by atoms with Gasteiger partial charge in [-0.1, -0.05) is 0 Å². The lowest BCUT2D eigenvalue weighted by atomic mass is 9.98. The molecular formula is C22H28N4O4S3. The molecule has 0 bridgehead atoms. The molecule has 2 aromatic heterocycles. The molecule has 1 saturated heterocycles. The van der Waals surface area contributed by atoms with Gasteiger partial charge in [-0.15, -0.1) is 23.1 Å². The van der Waals surface area contributed by atoms with Crippen LogP contribution in [0.2, 0.25) is 0 Å². The Bertz CT molecular complexity index is 1160. The molecule has 1 N–H and O–H groups in total. The van der Waals surface area contributed by atoms with E-state index < -0.39 is 10.0 Å². The predicted molar refractivity (Wildman–Crippen MR) is 130 cm³/mol. The zero-order valence-electron chi connectivity index (χ0n) is 18.5. The Morgan fingerprint density at radius 1 is 1.18 bits per heavy atom. The van der Waals surface area contributed by atoms with Gasteiger partial charge < -0.3 is 9.84 Å². The molecule has 0 aliphatic carbocycles. The number of morpholine rings is 1. The van der Waals surface area contributed by atoms with Gasteiger partial charge in [0.15, 0.2) is 0 Å². The summed E-state index contributed by atoms with van der Waals surface area (Å²) >= 11 is 3.13. The second kappa shape index (κ2) is 11.2. The Kier molecular flexibility index (Phi) is 8.31. The Morgan fingerprint density at radius 2 is 1.91 bits per heavy atom. The van der Waals surface area contributed by atoms with Gasteiger partial charge in [0, 0.05) is 43.4 Å². The Balaban J connectivity index is 1.37. The molecule has 0 radical (unpaired) electrons. The summed E-state index contributed by atoms with van der Waals surface area (Å²) < 4.78 is 33.5. The minimum absolute atomic E-state index is 0.107. The van der Waals surface area contributed by atoms with Gasteiger partial charge in [-0.25, -0.2) is 23.4 Å². The van der Waals surface area contributed by atoms with Crippen molar-refractivity contribution in [1.82, 2.24) is 19.3 Å². The number of aliphatic hydroxyl groups is 1. The summed E-state index contributed by atoms with van der Waals surface area (Å²) in [5, 5.41) is 10.8. The van der Waals surface area contributed by atoms with Gasteiger partial charge >= 0.3 is 0 Å². The molecule has 1 aliphatic rings. The first-order valence-electron chi connectivity index (χ1n) is 10.9. The number of nitrogens with zero attached hydrogens (tertiary/aromatic N) is 4. The fourth-order valence-electron chi connectivity index (χ4n) is 3.72. The number of ether oxygens (including phenoxy) is 1. The molecule has 0 unspecified atom stereocenters. The third kappa shape index (κ3) is 6.09. The van der Waals surface area contributed by atoms with Crippen molar-refractivity contribution in [3.05, 3.63) is 41.4 Å². The predicted octanol–water partition coefficient (Wildman–Crippen LogP) is 3.00. The number of thiazole rings is 1. The van der Waals surface area contributed by atoms with E-state index in [0.717, 1.165) is 51.6 Å². The summed E-state index contributed by atoms with van der Waals surface area (Å²) in [4.78, 5) is 14.8. The van der Waals surface area contributed by atoms with E-state index in [2.05, 4.69) is 15.0 Å². The van der Waals surface area contributed by atoms with E-state index in [9.17, 15) is 13.5 Å². The summed E-state index contributed by atoms with van der Waals surface area (Å²) in [6.45, 7) is 1.71. The highest BCUT2D eigenvalue weighted by atomic mass is 32.2. The number of fused-ring (bicyclic) bond motifs is 1. The van der Waals surface area contributed by atoms with Crippen LogP contribution in [0.15, 0.2) is 40.4 Å². The van der Waals surface area contributed by atoms with Gasteiger partial charge in [-0.3, -0.25) is 0 Å². The SMILES string of the molecule is CSc1cnc(CC[C@H](CO)CCc2nc3ccc(S(=O)(=O)N4CCOCC4)cc3s2)nc1. The van der Waals surface area contributed by atoms with Crippen LogP contribution in [0.25, 0.3) is 10.2 Å². The van der Waals surface area contributed by atoms with Crippen LogP contribution < -0.4 is 0 Å². The number of sulfonamides is 1. The Labute approximate surface area is 202 Å². The lowest BCUT2D eigenvalue weighted by Gasteiger charge is -2.25. The van der Waals surface area contributed by atoms with Crippen molar-refractivity contribution in [2.24, 2.45) is 5.92 Å². The molecule has 0 spiro atoms. The van der Waals surface area contributed by atoms with Crippen LogP contribution in [0.5, 0.6) is 0 Å². The standard InChI is InChI=1S/C22H28N4O4S3/c1-31-17-13-23-21(24-14-17)6-2-16(15-27)3-7-22-25-19-5-4-18(12-20(19)32-22)33(28,29)26-8-10-30-11-9-26/h4-5,12-14,16,27H,2-3,6-11,15H2,1H3/t16-/m0/s1. The first-order chi connectivity index (χ1) is 16.0. The van der Waals surface area contributed by atoms with Crippen molar-refractivity contribution < 1.29 is 18.3 Å². The summed E-state index contributed by atoms with van der Waals surface area (Å²) in [5.41, 5.74) is 0.804. The van der Waals surface area contributed by atoms with Crippen molar-refractivity contribution in [2.75, 3.05) is 39.2 Å². The lowest BCUT2D eigenvalue weighted by Crippen LogP contribution is -2.40. The van der Waals surface area contributed by atoms with E-state index >= 15 is 0 Å². The third-order valence-corrected chi connectivity index (χ3v) is 9.38. The number of aromatic nitrogens is 3. The minimum Gasteiger partial charge on any atom is -0.396 e. The second-order valence-corrected chi connectivity index (χ2v) is 11.9. The van der Waals surface area contributed by atoms with E-state index in [1.807, 2.05) is 18.6 Å². The highest BCUT2D eigenvalue weighted by Crippen LogP contribution is 2.28. The molecule has 3 heterocycles. The van der Waals surface area contributed by atoms with Crippen LogP contribution in [-0.2, 0) is 27.6 Å². The average molecular weight is 509 g/mol. The number of aryl methyl sites for hydroxylation is 2. The number of aliphatic hydroxyl groups excluding tert-OH is 1. The summed E-state index contributed by atoms with van der Waals surface area (Å²) in [6.07, 6.45) is 8.72. The molecule has 33 heavy (non-hydrogen) atoms. The third-order valence-electron chi connectivity index (χ3n) is 5.73. The average Bonchev–Trinajstić information content (AvgIpc) is 3.27. The van der Waals surface area contributed by atoms with Crippen molar-refractivity contribution >= 4 is 43.3 Å². The molecule has 11 heteroatoms. The van der Waals surface area contributed by atoms with Crippen molar-refractivity contribution in [3.63, 3.8) is 0 Å². The Hall–Kier alpha value is -1.63. The van der Waals surface area contributed by atoms with Crippen LogP contribution in [0.4, 0.5) is 0 Å². The van der Waals surface area contributed by atoms with Gasteiger partial charge in [0.2, 0.25) is 10.0 Å². The minimum atomic E-state index is -3.53. The van der Waals surface area contributed by atoms with Crippen LogP contribution in [0, 0.1) is 5.92 Å². The van der Waals surface area contributed by atoms with Crippen LogP contribution in [0.1, 0.15) is 23.7 Å². The van der Waals surface area contributed by atoms with E-state index in [0.29, 0.717) is 31.2 Å². The van der Waals surface area contributed by atoms with E-state index in [1.165, 1.54) is 15.6 Å². The first-order valence-corrected chi connectivity index (χ1v) is 14.4. The van der Waals surface area contributed by atoms with Crippen molar-refractivity contribution in [2.45, 2.75) is 35.5 Å². The van der Waals surface area contributed by atoms with E-state index in [4.69, 9.17) is 4.74 Å². The maximum Gasteiger partial charge on any atom is 0.243 e. The molecule has 1 fully saturated rings. The van der Waals surface area contributed by atoms with Crippen LogP contribution in [0.3, 0.4) is 0 Å². The van der Waals surface area contributed by atoms with Crippen LogP contribution >= 0.6 is 23.1 Å². The zero-order valence-corrected chi connectivity index (χ0v) is 21.0. The maximum atomic E-state index is 12.9. The molecule has 8 nitrogen and oxygen atoms in total. The monoisotopic (exact) mass is 508 g/mol. The highest BCUT2D eigenvalue weighted by Gasteiger charge is 2.26. The number of rotatable bonds is 10. The summed E-state index contributed by atoms with van der Waals surface area (Å²) in [7, 11) is -3.53. The summed E-state index contributed by atoms with van der Waals surface area (Å²) in [6, 6.07) is 5.14. The molecule has 0 saturated carbocycles. The first kappa shape index (κ1) is 24.5. The lowest BCUT2D eigenvalue weighted by molar-refractivity contribution is 0.0730. The van der Waals surface area contributed by atoms with Gasteiger partial charge in [0.05, 0.1) is 33.3 Å².